The van der Waals surface area contributed by atoms with E-state index in [1.165, 1.54) is 12.0 Å². The molecule has 0 N–H and O–H groups in total. The molecule has 0 bridgehead atoms. The van der Waals surface area contributed by atoms with Crippen LogP contribution in [0, 0.1) is 17.8 Å². The van der Waals surface area contributed by atoms with E-state index < -0.39 is 0 Å². The summed E-state index contributed by atoms with van der Waals surface area (Å²) in [7, 11) is 0. The number of ether oxygens (including phenoxy) is 1. The molecule has 0 amide bonds. The summed E-state index contributed by atoms with van der Waals surface area (Å²) in [5.74, 6) is 2.18. The third-order valence-corrected chi connectivity index (χ3v) is 5.11. The summed E-state index contributed by atoms with van der Waals surface area (Å²) in [5, 5.41) is 0. The van der Waals surface area contributed by atoms with Gasteiger partial charge in [0.15, 0.2) is 0 Å². The first kappa shape index (κ1) is 14.8. The van der Waals surface area contributed by atoms with Crippen LogP contribution in [0.3, 0.4) is 0 Å². The molecule has 1 saturated heterocycles. The Balaban J connectivity index is 1.72. The monoisotopic (exact) mass is 285 g/mol. The van der Waals surface area contributed by atoms with Gasteiger partial charge < -0.3 is 4.74 Å². The van der Waals surface area contributed by atoms with Crippen molar-refractivity contribution in [3.8, 4) is 0 Å². The molecule has 1 aliphatic carbocycles. The molecule has 1 aromatic carbocycles. The predicted octanol–water partition coefficient (Wildman–Crippen LogP) is 4.26. The zero-order valence-corrected chi connectivity index (χ0v) is 13.5. The highest BCUT2D eigenvalue weighted by Crippen LogP contribution is 2.36. The van der Waals surface area contributed by atoms with E-state index in [-0.39, 0.29) is 6.23 Å². The number of rotatable bonds is 3. The Hall–Kier alpha value is -1.12. The molecular weight excluding hydrogens is 258 g/mol. The van der Waals surface area contributed by atoms with Crippen LogP contribution in [0.4, 0.5) is 0 Å². The fraction of sp³-hybridized carbons (Fsp3) is 0.579. The van der Waals surface area contributed by atoms with Crippen LogP contribution in [-0.2, 0) is 4.74 Å². The summed E-state index contributed by atoms with van der Waals surface area (Å²) in [6.45, 7) is 10.1. The van der Waals surface area contributed by atoms with Gasteiger partial charge >= 0.3 is 0 Å². The lowest BCUT2D eigenvalue weighted by Gasteiger charge is -2.37. The van der Waals surface area contributed by atoms with Crippen molar-refractivity contribution in [3.05, 3.63) is 47.5 Å². The van der Waals surface area contributed by atoms with Crippen LogP contribution in [0.2, 0.25) is 0 Å². The van der Waals surface area contributed by atoms with Crippen LogP contribution >= 0.6 is 0 Å². The molecule has 0 spiro atoms. The van der Waals surface area contributed by atoms with Gasteiger partial charge in [-0.05, 0) is 36.7 Å². The first-order valence-corrected chi connectivity index (χ1v) is 8.23. The second kappa shape index (κ2) is 6.33. The fourth-order valence-electron chi connectivity index (χ4n) is 4.05. The maximum atomic E-state index is 6.00. The van der Waals surface area contributed by atoms with Gasteiger partial charge in [-0.2, -0.15) is 0 Å². The highest BCUT2D eigenvalue weighted by Gasteiger charge is 2.33. The molecule has 3 rings (SSSR count). The molecular formula is C19H27NO. The minimum absolute atomic E-state index is 0.151. The summed E-state index contributed by atoms with van der Waals surface area (Å²) < 4.78 is 6.00. The number of hydrogen-bond acceptors (Lipinski definition) is 2. The van der Waals surface area contributed by atoms with Crippen LogP contribution < -0.4 is 0 Å². The molecule has 4 atom stereocenters. The van der Waals surface area contributed by atoms with Gasteiger partial charge in [0.1, 0.15) is 6.23 Å². The molecule has 1 aromatic rings. The SMILES string of the molecule is CC1=CC(C)C(CN2CCOC2c2ccccc2)C(C)C1. The van der Waals surface area contributed by atoms with Crippen LogP contribution in [0.5, 0.6) is 0 Å². The van der Waals surface area contributed by atoms with Crippen molar-refractivity contribution < 1.29 is 4.74 Å². The van der Waals surface area contributed by atoms with E-state index in [4.69, 9.17) is 4.74 Å². The largest absolute Gasteiger partial charge is 0.358 e. The van der Waals surface area contributed by atoms with Crippen molar-refractivity contribution in [2.75, 3.05) is 19.7 Å². The average molecular weight is 285 g/mol. The zero-order valence-electron chi connectivity index (χ0n) is 13.5. The Kier molecular flexibility index (Phi) is 4.46. The first-order chi connectivity index (χ1) is 10.1. The first-order valence-electron chi connectivity index (χ1n) is 8.23. The van der Waals surface area contributed by atoms with Crippen LogP contribution in [0.25, 0.3) is 0 Å². The third kappa shape index (κ3) is 3.22. The van der Waals surface area contributed by atoms with Crippen LogP contribution in [0.1, 0.15) is 39.0 Å². The van der Waals surface area contributed by atoms with Gasteiger partial charge in [-0.15, -0.1) is 0 Å². The number of hydrogen-bond donors (Lipinski definition) is 0. The topological polar surface area (TPSA) is 12.5 Å². The van der Waals surface area contributed by atoms with Crippen molar-refractivity contribution in [2.45, 2.75) is 33.4 Å². The second-order valence-corrected chi connectivity index (χ2v) is 6.85. The Labute approximate surface area is 128 Å². The maximum absolute atomic E-state index is 6.00. The molecule has 2 nitrogen and oxygen atoms in total. The lowest BCUT2D eigenvalue weighted by atomic mass is 9.74. The Bertz CT molecular complexity index is 496. The number of nitrogens with zero attached hydrogens (tertiary/aromatic N) is 1. The number of benzene rings is 1. The zero-order chi connectivity index (χ0) is 14.8. The van der Waals surface area contributed by atoms with Gasteiger partial charge in [0, 0.05) is 13.1 Å². The summed E-state index contributed by atoms with van der Waals surface area (Å²) >= 11 is 0. The highest BCUT2D eigenvalue weighted by atomic mass is 16.5. The maximum Gasteiger partial charge on any atom is 0.136 e. The lowest BCUT2D eigenvalue weighted by Crippen LogP contribution is -2.36. The molecule has 0 saturated carbocycles. The van der Waals surface area contributed by atoms with Gasteiger partial charge in [-0.3, -0.25) is 4.90 Å². The summed E-state index contributed by atoms with van der Waals surface area (Å²) in [4.78, 5) is 2.53. The lowest BCUT2D eigenvalue weighted by molar-refractivity contribution is 0.0163. The van der Waals surface area contributed by atoms with E-state index in [1.807, 2.05) is 0 Å². The van der Waals surface area contributed by atoms with E-state index in [0.717, 1.165) is 31.5 Å². The summed E-state index contributed by atoms with van der Waals surface area (Å²) in [5.41, 5.74) is 2.85. The van der Waals surface area contributed by atoms with Crippen molar-refractivity contribution in [1.82, 2.24) is 4.90 Å². The molecule has 2 aliphatic rings. The standard InChI is InChI=1S/C19H27NO/c1-14-11-15(2)18(16(3)12-14)13-20-9-10-21-19(20)17-7-5-4-6-8-17/h4-8,11,15-16,18-19H,9-10,12-13H2,1-3H3. The van der Waals surface area contributed by atoms with Gasteiger partial charge in [-0.1, -0.05) is 55.8 Å². The summed E-state index contributed by atoms with van der Waals surface area (Å²) in [6.07, 6.45) is 3.87. The molecule has 0 radical (unpaired) electrons. The third-order valence-electron chi connectivity index (χ3n) is 5.11. The molecule has 0 aromatic heterocycles. The van der Waals surface area contributed by atoms with E-state index in [0.29, 0.717) is 5.92 Å². The Morgan fingerprint density at radius 3 is 2.67 bits per heavy atom. The second-order valence-electron chi connectivity index (χ2n) is 6.85. The van der Waals surface area contributed by atoms with E-state index in [9.17, 15) is 0 Å². The van der Waals surface area contributed by atoms with E-state index in [1.54, 1.807) is 5.57 Å². The minimum Gasteiger partial charge on any atom is -0.358 e. The summed E-state index contributed by atoms with van der Waals surface area (Å²) in [6, 6.07) is 10.6. The molecule has 2 heteroatoms. The number of allylic oxidation sites excluding steroid dienone is 2. The van der Waals surface area contributed by atoms with E-state index >= 15 is 0 Å². The van der Waals surface area contributed by atoms with Crippen molar-refractivity contribution in [1.29, 1.82) is 0 Å². The Morgan fingerprint density at radius 1 is 1.19 bits per heavy atom. The quantitative estimate of drug-likeness (QED) is 0.770. The minimum atomic E-state index is 0.151. The van der Waals surface area contributed by atoms with E-state index in [2.05, 4.69) is 62.1 Å². The average Bonchev–Trinajstić information content (AvgIpc) is 2.92. The normalized spacial score (nSPS) is 34.0. The molecule has 1 aliphatic heterocycles. The van der Waals surface area contributed by atoms with Gasteiger partial charge in [0.2, 0.25) is 0 Å². The molecule has 4 unspecified atom stereocenters. The molecule has 1 fully saturated rings. The van der Waals surface area contributed by atoms with Crippen LogP contribution in [-0.4, -0.2) is 24.6 Å². The predicted molar refractivity (Wildman–Crippen MR) is 86.9 cm³/mol. The van der Waals surface area contributed by atoms with Gasteiger partial charge in [0.05, 0.1) is 6.61 Å². The van der Waals surface area contributed by atoms with Crippen LogP contribution in [0.15, 0.2) is 42.0 Å². The molecule has 21 heavy (non-hydrogen) atoms. The van der Waals surface area contributed by atoms with Crippen molar-refractivity contribution >= 4 is 0 Å². The van der Waals surface area contributed by atoms with Gasteiger partial charge in [-0.25, -0.2) is 0 Å². The van der Waals surface area contributed by atoms with Crippen molar-refractivity contribution in [2.24, 2.45) is 17.8 Å². The Morgan fingerprint density at radius 2 is 1.95 bits per heavy atom. The molecule has 1 heterocycles. The smallest absolute Gasteiger partial charge is 0.136 e. The van der Waals surface area contributed by atoms with Gasteiger partial charge in [0.25, 0.3) is 0 Å². The molecule has 114 valence electrons. The highest BCUT2D eigenvalue weighted by molar-refractivity contribution is 5.18. The van der Waals surface area contributed by atoms with Crippen molar-refractivity contribution in [3.63, 3.8) is 0 Å². The fourth-order valence-corrected chi connectivity index (χ4v) is 4.05.